The molecule has 3 heterocycles. The number of piperidine rings is 1. The van der Waals surface area contributed by atoms with Crippen molar-refractivity contribution in [2.75, 3.05) is 18.4 Å². The number of aryl methyl sites for hydroxylation is 1. The molecule has 4 rings (SSSR count). The summed E-state index contributed by atoms with van der Waals surface area (Å²) in [6.45, 7) is 2.24. The molecule has 0 radical (unpaired) electrons. The molecule has 166 valence electrons. The van der Waals surface area contributed by atoms with Gasteiger partial charge in [0.05, 0.1) is 21.5 Å². The van der Waals surface area contributed by atoms with Crippen LogP contribution in [0, 0.1) is 18.7 Å². The Morgan fingerprint density at radius 3 is 2.78 bits per heavy atom. The number of nitrogens with zero attached hydrogens (tertiary/aromatic N) is 3. The third kappa shape index (κ3) is 4.47. The number of hydrogen-bond donors (Lipinski definition) is 1. The predicted octanol–water partition coefficient (Wildman–Crippen LogP) is 4.98. The highest BCUT2D eigenvalue weighted by Gasteiger charge is 2.33. The number of anilines is 1. The maximum absolute atomic E-state index is 14.5. The van der Waals surface area contributed by atoms with Crippen molar-refractivity contribution in [3.63, 3.8) is 0 Å². The fraction of sp³-hybridized carbons (Fsp3) is 0.273. The maximum atomic E-state index is 14.5. The number of likely N-dealkylation sites (tertiary alicyclic amines) is 1. The van der Waals surface area contributed by atoms with Gasteiger partial charge in [-0.2, -0.15) is 0 Å². The van der Waals surface area contributed by atoms with Crippen molar-refractivity contribution in [1.29, 1.82) is 0 Å². The van der Waals surface area contributed by atoms with Gasteiger partial charge in [-0.3, -0.25) is 9.59 Å². The molecule has 1 unspecified atom stereocenters. The van der Waals surface area contributed by atoms with Crippen molar-refractivity contribution in [3.05, 3.63) is 63.7 Å². The molecule has 1 aromatic carbocycles. The number of nitrogens with one attached hydrogen (secondary N) is 1. The molecule has 7 nitrogen and oxygen atoms in total. The first-order valence-corrected chi connectivity index (χ1v) is 10.7. The van der Waals surface area contributed by atoms with Gasteiger partial charge in [-0.25, -0.2) is 9.37 Å². The minimum Gasteiger partial charge on any atom is -0.360 e. The fourth-order valence-corrected chi connectivity index (χ4v) is 4.09. The molecular formula is C22H19Cl2FN4O3. The second-order valence-corrected chi connectivity index (χ2v) is 8.34. The molecule has 10 heteroatoms. The summed E-state index contributed by atoms with van der Waals surface area (Å²) in [6, 6.07) is 7.47. The molecule has 0 saturated carbocycles. The Morgan fingerprint density at radius 1 is 1.25 bits per heavy atom. The van der Waals surface area contributed by atoms with Crippen molar-refractivity contribution in [2.24, 2.45) is 5.92 Å². The summed E-state index contributed by atoms with van der Waals surface area (Å²) in [6.07, 6.45) is 2.70. The van der Waals surface area contributed by atoms with Crippen molar-refractivity contribution in [1.82, 2.24) is 15.0 Å². The number of carbonyl (C=O) groups excluding carboxylic acids is 2. The van der Waals surface area contributed by atoms with Gasteiger partial charge >= 0.3 is 0 Å². The van der Waals surface area contributed by atoms with Gasteiger partial charge in [-0.1, -0.05) is 34.4 Å². The quantitative estimate of drug-likeness (QED) is 0.573. The Kier molecular flexibility index (Phi) is 6.43. The highest BCUT2D eigenvalue weighted by Crippen LogP contribution is 2.34. The first-order valence-electron chi connectivity index (χ1n) is 9.97. The van der Waals surface area contributed by atoms with Crippen molar-refractivity contribution in [3.8, 4) is 11.3 Å². The van der Waals surface area contributed by atoms with Crippen LogP contribution in [0.5, 0.6) is 0 Å². The van der Waals surface area contributed by atoms with E-state index in [1.807, 2.05) is 0 Å². The second kappa shape index (κ2) is 9.26. The van der Waals surface area contributed by atoms with E-state index in [1.54, 1.807) is 24.0 Å². The lowest BCUT2D eigenvalue weighted by atomic mass is 9.95. The molecule has 1 saturated heterocycles. The summed E-state index contributed by atoms with van der Waals surface area (Å²) in [7, 11) is 0. The Balaban J connectivity index is 1.55. The molecule has 1 aliphatic rings. The van der Waals surface area contributed by atoms with E-state index < -0.39 is 11.7 Å². The monoisotopic (exact) mass is 476 g/mol. The van der Waals surface area contributed by atoms with Gasteiger partial charge < -0.3 is 14.7 Å². The van der Waals surface area contributed by atoms with Crippen molar-refractivity contribution >= 4 is 40.8 Å². The fourth-order valence-electron chi connectivity index (χ4n) is 3.73. The SMILES string of the molecule is Cc1onc(-c2c(F)cccc2Cl)c1C(=O)N1CCCC(C(=O)Nc2ccc(Cl)cn2)C1. The molecule has 3 aromatic rings. The van der Waals surface area contributed by atoms with E-state index in [0.717, 1.165) is 0 Å². The van der Waals surface area contributed by atoms with Crippen LogP contribution >= 0.6 is 23.2 Å². The lowest BCUT2D eigenvalue weighted by Crippen LogP contribution is -2.44. The summed E-state index contributed by atoms with van der Waals surface area (Å²) in [4.78, 5) is 31.7. The molecule has 0 bridgehead atoms. The molecule has 1 aliphatic heterocycles. The highest BCUT2D eigenvalue weighted by atomic mass is 35.5. The van der Waals surface area contributed by atoms with E-state index in [9.17, 15) is 14.0 Å². The lowest BCUT2D eigenvalue weighted by Gasteiger charge is -2.32. The van der Waals surface area contributed by atoms with E-state index in [-0.39, 0.29) is 46.0 Å². The van der Waals surface area contributed by atoms with Gasteiger partial charge in [-0.05, 0) is 44.0 Å². The molecule has 32 heavy (non-hydrogen) atoms. The number of halogens is 3. The summed E-state index contributed by atoms with van der Waals surface area (Å²) < 4.78 is 19.7. The molecule has 1 fully saturated rings. The van der Waals surface area contributed by atoms with Gasteiger partial charge in [0.2, 0.25) is 5.91 Å². The van der Waals surface area contributed by atoms with Crippen molar-refractivity contribution < 1.29 is 18.5 Å². The minimum absolute atomic E-state index is 0.00878. The molecule has 2 amide bonds. The Labute approximate surface area is 193 Å². The Bertz CT molecular complexity index is 1150. The third-order valence-electron chi connectivity index (χ3n) is 5.33. The number of pyridine rings is 1. The van der Waals surface area contributed by atoms with Gasteiger partial charge in [-0.15, -0.1) is 0 Å². The van der Waals surface area contributed by atoms with Crippen LogP contribution in [0.3, 0.4) is 0 Å². The molecular weight excluding hydrogens is 458 g/mol. The van der Waals surface area contributed by atoms with Gasteiger partial charge in [0.1, 0.15) is 28.7 Å². The highest BCUT2D eigenvalue weighted by molar-refractivity contribution is 6.33. The van der Waals surface area contributed by atoms with Crippen LogP contribution in [0.2, 0.25) is 10.0 Å². The number of carbonyl (C=O) groups is 2. The second-order valence-electron chi connectivity index (χ2n) is 7.50. The van der Waals surface area contributed by atoms with E-state index in [4.69, 9.17) is 27.7 Å². The number of benzene rings is 1. The average molecular weight is 477 g/mol. The van der Waals surface area contributed by atoms with Crippen LogP contribution in [0.4, 0.5) is 10.2 Å². The minimum atomic E-state index is -0.605. The third-order valence-corrected chi connectivity index (χ3v) is 5.87. The number of rotatable bonds is 4. The van der Waals surface area contributed by atoms with Crippen LogP contribution in [-0.4, -0.2) is 39.9 Å². The summed E-state index contributed by atoms with van der Waals surface area (Å²) in [5.74, 6) is -1.02. The Morgan fingerprint density at radius 2 is 2.06 bits per heavy atom. The zero-order chi connectivity index (χ0) is 22.8. The smallest absolute Gasteiger partial charge is 0.259 e. The number of aromatic nitrogens is 2. The first kappa shape index (κ1) is 22.2. The van der Waals surface area contributed by atoms with E-state index in [1.165, 1.54) is 24.4 Å². The number of hydrogen-bond acceptors (Lipinski definition) is 5. The van der Waals surface area contributed by atoms with Gasteiger partial charge in [0, 0.05) is 19.3 Å². The molecule has 0 spiro atoms. The lowest BCUT2D eigenvalue weighted by molar-refractivity contribution is -0.121. The van der Waals surface area contributed by atoms with E-state index in [2.05, 4.69) is 15.5 Å². The maximum Gasteiger partial charge on any atom is 0.259 e. The van der Waals surface area contributed by atoms with E-state index >= 15 is 0 Å². The zero-order valence-corrected chi connectivity index (χ0v) is 18.6. The largest absolute Gasteiger partial charge is 0.360 e. The summed E-state index contributed by atoms with van der Waals surface area (Å²) in [5, 5.41) is 7.24. The molecule has 0 aliphatic carbocycles. The van der Waals surface area contributed by atoms with Crippen molar-refractivity contribution in [2.45, 2.75) is 19.8 Å². The molecule has 2 aromatic heterocycles. The van der Waals surface area contributed by atoms with Crippen LogP contribution < -0.4 is 5.32 Å². The number of amides is 2. The standard InChI is InChI=1S/C22H19Cl2FN4O3/c1-12-18(20(28-32-12)19-15(24)5-2-6-16(19)25)22(31)29-9-3-4-13(11-29)21(30)27-17-8-7-14(23)10-26-17/h2,5-8,10,13H,3-4,9,11H2,1H3,(H,26,27,30). The van der Waals surface area contributed by atoms with Gasteiger partial charge in [0.15, 0.2) is 0 Å². The zero-order valence-electron chi connectivity index (χ0n) is 17.1. The predicted molar refractivity (Wildman–Crippen MR) is 118 cm³/mol. The van der Waals surface area contributed by atoms with Crippen LogP contribution in [0.15, 0.2) is 41.1 Å². The summed E-state index contributed by atoms with van der Waals surface area (Å²) in [5.41, 5.74) is 0.194. The average Bonchev–Trinajstić information content (AvgIpc) is 3.15. The first-order chi connectivity index (χ1) is 15.3. The molecule has 1 atom stereocenters. The van der Waals surface area contributed by atoms with Gasteiger partial charge in [0.25, 0.3) is 5.91 Å². The van der Waals surface area contributed by atoms with Crippen LogP contribution in [-0.2, 0) is 4.79 Å². The van der Waals surface area contributed by atoms with Crippen LogP contribution in [0.1, 0.15) is 29.0 Å². The summed E-state index contributed by atoms with van der Waals surface area (Å²) >= 11 is 12.0. The molecule has 1 N–H and O–H groups in total. The van der Waals surface area contributed by atoms with E-state index in [0.29, 0.717) is 30.2 Å². The Hall–Kier alpha value is -2.97. The topological polar surface area (TPSA) is 88.3 Å². The normalized spacial score (nSPS) is 16.1. The van der Waals surface area contributed by atoms with Crippen LogP contribution in [0.25, 0.3) is 11.3 Å².